The second-order valence-electron chi connectivity index (χ2n) is 7.37. The van der Waals surface area contributed by atoms with Gasteiger partial charge in [0.15, 0.2) is 5.82 Å². The van der Waals surface area contributed by atoms with E-state index in [-0.39, 0.29) is 5.91 Å². The maximum atomic E-state index is 13.0. The average molecular weight is 393 g/mol. The molecule has 0 radical (unpaired) electrons. The third-order valence-corrected chi connectivity index (χ3v) is 5.63. The number of pyridine rings is 1. The van der Waals surface area contributed by atoms with E-state index < -0.39 is 0 Å². The number of aromatic nitrogens is 4. The molecule has 29 heavy (non-hydrogen) atoms. The molecule has 0 saturated carbocycles. The first-order chi connectivity index (χ1) is 14.2. The summed E-state index contributed by atoms with van der Waals surface area (Å²) in [6, 6.07) is 5.91. The molecule has 0 aromatic carbocycles. The molecule has 0 spiro atoms. The number of aryl methyl sites for hydroxylation is 2. The SMILES string of the molecule is CCN(CC)CCn1ccc(NC(=O)c2c[nH]c3c2-c2ncccc2CCC3)n1. The first-order valence-corrected chi connectivity index (χ1v) is 10.4. The third-order valence-electron chi connectivity index (χ3n) is 5.63. The number of nitrogens with one attached hydrogen (secondary N) is 2. The van der Waals surface area contributed by atoms with Crippen LogP contribution >= 0.6 is 0 Å². The zero-order valence-electron chi connectivity index (χ0n) is 17.1. The molecule has 0 aliphatic heterocycles. The molecule has 1 aliphatic rings. The van der Waals surface area contributed by atoms with Crippen LogP contribution in [0.5, 0.6) is 0 Å². The van der Waals surface area contributed by atoms with Gasteiger partial charge in [0.25, 0.3) is 5.91 Å². The van der Waals surface area contributed by atoms with Crippen LogP contribution in [0.1, 0.15) is 41.9 Å². The number of H-pyrrole nitrogens is 1. The van der Waals surface area contributed by atoms with Crippen molar-refractivity contribution >= 4 is 11.7 Å². The summed E-state index contributed by atoms with van der Waals surface area (Å²) in [5.41, 5.74) is 4.74. The summed E-state index contributed by atoms with van der Waals surface area (Å²) in [4.78, 5) is 23.2. The summed E-state index contributed by atoms with van der Waals surface area (Å²) in [6.45, 7) is 8.10. The summed E-state index contributed by atoms with van der Waals surface area (Å²) in [5.74, 6) is 0.411. The molecule has 3 aromatic rings. The van der Waals surface area contributed by atoms with Crippen LogP contribution in [0.25, 0.3) is 11.3 Å². The minimum Gasteiger partial charge on any atom is -0.364 e. The van der Waals surface area contributed by atoms with Gasteiger partial charge in [0.05, 0.1) is 17.8 Å². The van der Waals surface area contributed by atoms with Crippen molar-refractivity contribution in [3.05, 3.63) is 53.6 Å². The van der Waals surface area contributed by atoms with Gasteiger partial charge in [-0.2, -0.15) is 5.10 Å². The van der Waals surface area contributed by atoms with Gasteiger partial charge < -0.3 is 15.2 Å². The van der Waals surface area contributed by atoms with Crippen LogP contribution in [-0.4, -0.2) is 50.2 Å². The van der Waals surface area contributed by atoms with Crippen LogP contribution < -0.4 is 5.32 Å². The van der Waals surface area contributed by atoms with Crippen LogP contribution in [-0.2, 0) is 19.4 Å². The van der Waals surface area contributed by atoms with E-state index in [1.54, 1.807) is 12.4 Å². The Morgan fingerprint density at radius 2 is 2.14 bits per heavy atom. The summed E-state index contributed by atoms with van der Waals surface area (Å²) >= 11 is 0. The maximum Gasteiger partial charge on any atom is 0.259 e. The average Bonchev–Trinajstić information content (AvgIpc) is 3.32. The molecule has 0 unspecified atom stereocenters. The molecule has 7 nitrogen and oxygen atoms in total. The lowest BCUT2D eigenvalue weighted by molar-refractivity contribution is 0.102. The van der Waals surface area contributed by atoms with Gasteiger partial charge in [-0.1, -0.05) is 19.9 Å². The summed E-state index contributed by atoms with van der Waals surface area (Å²) in [7, 11) is 0. The number of carbonyl (C=O) groups is 1. The highest BCUT2D eigenvalue weighted by Crippen LogP contribution is 2.33. The zero-order chi connectivity index (χ0) is 20.2. The molecule has 1 amide bonds. The predicted octanol–water partition coefficient (Wildman–Crippen LogP) is 3.36. The van der Waals surface area contributed by atoms with Crippen LogP contribution in [0, 0.1) is 0 Å². The van der Waals surface area contributed by atoms with Crippen molar-refractivity contribution in [1.29, 1.82) is 0 Å². The van der Waals surface area contributed by atoms with Gasteiger partial charge in [-0.3, -0.25) is 14.5 Å². The minimum atomic E-state index is -0.157. The van der Waals surface area contributed by atoms with E-state index in [4.69, 9.17) is 0 Å². The molecule has 2 N–H and O–H groups in total. The molecular formula is C22H28N6O. The highest BCUT2D eigenvalue weighted by atomic mass is 16.1. The van der Waals surface area contributed by atoms with E-state index in [9.17, 15) is 4.79 Å². The Balaban J connectivity index is 1.51. The van der Waals surface area contributed by atoms with Crippen molar-refractivity contribution in [2.24, 2.45) is 0 Å². The van der Waals surface area contributed by atoms with E-state index in [0.717, 1.165) is 62.4 Å². The van der Waals surface area contributed by atoms with Crippen molar-refractivity contribution in [2.75, 3.05) is 25.0 Å². The fourth-order valence-electron chi connectivity index (χ4n) is 3.95. The number of anilines is 1. The minimum absolute atomic E-state index is 0.157. The van der Waals surface area contributed by atoms with Crippen LogP contribution in [0.2, 0.25) is 0 Å². The second-order valence-corrected chi connectivity index (χ2v) is 7.37. The lowest BCUT2D eigenvalue weighted by Crippen LogP contribution is -2.27. The molecule has 0 fully saturated rings. The fraction of sp³-hybridized carbons (Fsp3) is 0.409. The molecule has 3 aromatic heterocycles. The first-order valence-electron chi connectivity index (χ1n) is 10.4. The van der Waals surface area contributed by atoms with Crippen LogP contribution in [0.4, 0.5) is 5.82 Å². The van der Waals surface area contributed by atoms with Gasteiger partial charge in [0.2, 0.25) is 0 Å². The Bertz CT molecular complexity index is 985. The highest BCUT2D eigenvalue weighted by molar-refractivity contribution is 6.08. The highest BCUT2D eigenvalue weighted by Gasteiger charge is 2.24. The van der Waals surface area contributed by atoms with Crippen LogP contribution in [0.3, 0.4) is 0 Å². The quantitative estimate of drug-likeness (QED) is 0.646. The Hall–Kier alpha value is -2.93. The number of likely N-dealkylation sites (N-methyl/N-ethyl adjacent to an activating group) is 1. The van der Waals surface area contributed by atoms with Crippen molar-refractivity contribution < 1.29 is 4.79 Å². The molecule has 0 bridgehead atoms. The smallest absolute Gasteiger partial charge is 0.259 e. The normalized spacial score (nSPS) is 13.1. The molecule has 152 valence electrons. The Labute approximate surface area is 171 Å². The molecule has 1 aliphatic carbocycles. The van der Waals surface area contributed by atoms with E-state index in [0.29, 0.717) is 11.4 Å². The van der Waals surface area contributed by atoms with Gasteiger partial charge in [-0.25, -0.2) is 0 Å². The number of nitrogens with zero attached hydrogens (tertiary/aromatic N) is 4. The van der Waals surface area contributed by atoms with Gasteiger partial charge in [-0.05, 0) is 44.0 Å². The summed E-state index contributed by atoms with van der Waals surface area (Å²) < 4.78 is 1.88. The fourth-order valence-corrected chi connectivity index (χ4v) is 3.95. The first kappa shape index (κ1) is 19.4. The summed E-state index contributed by atoms with van der Waals surface area (Å²) in [6.07, 6.45) is 8.43. The molecule has 0 saturated heterocycles. The third kappa shape index (κ3) is 4.10. The van der Waals surface area contributed by atoms with Gasteiger partial charge in [0.1, 0.15) is 0 Å². The number of hydrogen-bond acceptors (Lipinski definition) is 4. The van der Waals surface area contributed by atoms with Crippen LogP contribution in [0.15, 0.2) is 36.8 Å². The molecule has 4 rings (SSSR count). The standard InChI is InChI=1S/C22H28N6O/c1-3-27(4-2)13-14-28-12-10-19(26-28)25-22(29)17-15-24-18-9-5-7-16-8-6-11-23-21(16)20(17)18/h6,8,10-12,15,24H,3-5,7,9,13-14H2,1-2H3,(H,25,26,29). The molecular weight excluding hydrogens is 364 g/mol. The molecule has 7 heteroatoms. The zero-order valence-corrected chi connectivity index (χ0v) is 17.1. The van der Waals surface area contributed by atoms with Gasteiger partial charge in [-0.15, -0.1) is 0 Å². The Kier molecular flexibility index (Phi) is 5.76. The number of aromatic amines is 1. The van der Waals surface area contributed by atoms with E-state index in [1.807, 2.05) is 23.0 Å². The number of carbonyl (C=O) groups excluding carboxylic acids is 1. The number of fused-ring (bicyclic) bond motifs is 3. The van der Waals surface area contributed by atoms with Crippen molar-refractivity contribution in [3.63, 3.8) is 0 Å². The van der Waals surface area contributed by atoms with E-state index >= 15 is 0 Å². The van der Waals surface area contributed by atoms with Gasteiger partial charge in [0, 0.05) is 42.5 Å². The molecule has 3 heterocycles. The lowest BCUT2D eigenvalue weighted by Gasteiger charge is -2.17. The van der Waals surface area contributed by atoms with Gasteiger partial charge >= 0.3 is 0 Å². The van der Waals surface area contributed by atoms with E-state index in [2.05, 4.69) is 45.2 Å². The lowest BCUT2D eigenvalue weighted by atomic mass is 10.0. The maximum absolute atomic E-state index is 13.0. The largest absolute Gasteiger partial charge is 0.364 e. The van der Waals surface area contributed by atoms with E-state index in [1.165, 1.54) is 5.56 Å². The Morgan fingerprint density at radius 3 is 2.97 bits per heavy atom. The topological polar surface area (TPSA) is 78.8 Å². The number of hydrogen-bond donors (Lipinski definition) is 2. The monoisotopic (exact) mass is 392 g/mol. The second kappa shape index (κ2) is 8.61. The predicted molar refractivity (Wildman–Crippen MR) is 114 cm³/mol. The number of amides is 1. The Morgan fingerprint density at radius 1 is 1.28 bits per heavy atom. The number of rotatable bonds is 7. The van der Waals surface area contributed by atoms with Crippen molar-refractivity contribution in [2.45, 2.75) is 39.7 Å². The van der Waals surface area contributed by atoms with Crippen molar-refractivity contribution in [1.82, 2.24) is 24.6 Å². The summed E-state index contributed by atoms with van der Waals surface area (Å²) in [5, 5.41) is 7.46. The molecule has 0 atom stereocenters. The van der Waals surface area contributed by atoms with Crippen molar-refractivity contribution in [3.8, 4) is 11.3 Å².